The standard InChI is InChI=1S/C16H23BrFNO/c1-20-9-8-19-12-16(6-2-3-7-16)11-13-10-14(17)4-5-15(13)18/h4-5,10,19H,2-3,6-9,11-12H2,1H3. The normalized spacial score (nSPS) is 17.6. The van der Waals surface area contributed by atoms with E-state index in [0.717, 1.165) is 36.2 Å². The molecule has 4 heteroatoms. The summed E-state index contributed by atoms with van der Waals surface area (Å²) < 4.78 is 20.0. The first-order valence-electron chi connectivity index (χ1n) is 7.29. The van der Waals surface area contributed by atoms with E-state index in [-0.39, 0.29) is 11.2 Å². The summed E-state index contributed by atoms with van der Waals surface area (Å²) in [7, 11) is 1.71. The molecule has 0 aromatic heterocycles. The Bertz CT molecular complexity index is 432. The van der Waals surface area contributed by atoms with E-state index >= 15 is 0 Å². The minimum absolute atomic E-state index is 0.0867. The van der Waals surface area contributed by atoms with Crippen molar-refractivity contribution in [3.8, 4) is 0 Å². The molecule has 0 radical (unpaired) electrons. The van der Waals surface area contributed by atoms with Crippen molar-refractivity contribution in [1.29, 1.82) is 0 Å². The van der Waals surface area contributed by atoms with Gasteiger partial charge in [-0.15, -0.1) is 0 Å². The van der Waals surface area contributed by atoms with E-state index in [1.54, 1.807) is 19.2 Å². The van der Waals surface area contributed by atoms with E-state index in [1.165, 1.54) is 25.7 Å². The summed E-state index contributed by atoms with van der Waals surface area (Å²) in [6.07, 6.45) is 5.68. The van der Waals surface area contributed by atoms with Gasteiger partial charge in [0.05, 0.1) is 6.61 Å². The van der Waals surface area contributed by atoms with E-state index in [1.807, 2.05) is 6.07 Å². The number of ether oxygens (including phenoxy) is 1. The van der Waals surface area contributed by atoms with E-state index < -0.39 is 0 Å². The molecular weight excluding hydrogens is 321 g/mol. The first kappa shape index (κ1) is 15.9. The maximum Gasteiger partial charge on any atom is 0.126 e. The molecule has 2 rings (SSSR count). The van der Waals surface area contributed by atoms with Gasteiger partial charge in [-0.3, -0.25) is 0 Å². The molecule has 0 heterocycles. The summed E-state index contributed by atoms with van der Waals surface area (Å²) in [6.45, 7) is 2.53. The van der Waals surface area contributed by atoms with Crippen molar-refractivity contribution in [3.63, 3.8) is 0 Å². The van der Waals surface area contributed by atoms with Gasteiger partial charge >= 0.3 is 0 Å². The molecule has 0 aliphatic heterocycles. The monoisotopic (exact) mass is 343 g/mol. The summed E-state index contributed by atoms with van der Waals surface area (Å²) >= 11 is 3.44. The van der Waals surface area contributed by atoms with Crippen molar-refractivity contribution in [2.24, 2.45) is 5.41 Å². The van der Waals surface area contributed by atoms with Gasteiger partial charge in [0.2, 0.25) is 0 Å². The quantitative estimate of drug-likeness (QED) is 0.757. The first-order valence-corrected chi connectivity index (χ1v) is 8.08. The SMILES string of the molecule is COCCNCC1(Cc2cc(Br)ccc2F)CCCC1. The van der Waals surface area contributed by atoms with Gasteiger partial charge in [-0.2, -0.15) is 0 Å². The molecule has 1 aromatic carbocycles. The predicted octanol–water partition coefficient (Wildman–Crippen LogP) is 3.93. The highest BCUT2D eigenvalue weighted by Gasteiger charge is 2.34. The Morgan fingerprint density at radius 3 is 2.80 bits per heavy atom. The number of hydrogen-bond donors (Lipinski definition) is 1. The van der Waals surface area contributed by atoms with Gasteiger partial charge in [-0.1, -0.05) is 28.8 Å². The maximum atomic E-state index is 14.0. The lowest BCUT2D eigenvalue weighted by Gasteiger charge is -2.30. The molecule has 1 aliphatic rings. The molecule has 0 unspecified atom stereocenters. The fourth-order valence-corrected chi connectivity index (χ4v) is 3.56. The zero-order valence-electron chi connectivity index (χ0n) is 12.1. The Morgan fingerprint density at radius 2 is 2.10 bits per heavy atom. The fourth-order valence-electron chi connectivity index (χ4n) is 3.15. The summed E-state index contributed by atoms with van der Waals surface area (Å²) in [6, 6.07) is 5.24. The predicted molar refractivity (Wildman–Crippen MR) is 83.5 cm³/mol. The molecule has 2 nitrogen and oxygen atoms in total. The lowest BCUT2D eigenvalue weighted by Crippen LogP contribution is -2.35. The lowest BCUT2D eigenvalue weighted by atomic mass is 9.79. The molecular formula is C16H23BrFNO. The average molecular weight is 344 g/mol. The van der Waals surface area contributed by atoms with Crippen molar-refractivity contribution in [2.45, 2.75) is 32.1 Å². The van der Waals surface area contributed by atoms with Crippen molar-refractivity contribution < 1.29 is 9.13 Å². The summed E-state index contributed by atoms with van der Waals surface area (Å²) in [4.78, 5) is 0. The molecule has 1 aromatic rings. The molecule has 1 saturated carbocycles. The number of rotatable bonds is 7. The average Bonchev–Trinajstić information content (AvgIpc) is 2.88. The second-order valence-electron chi connectivity index (χ2n) is 5.79. The van der Waals surface area contributed by atoms with Gasteiger partial charge in [0.25, 0.3) is 0 Å². The molecule has 0 amide bonds. The van der Waals surface area contributed by atoms with Crippen LogP contribution in [-0.4, -0.2) is 26.8 Å². The van der Waals surface area contributed by atoms with Crippen LogP contribution in [0.2, 0.25) is 0 Å². The van der Waals surface area contributed by atoms with E-state index in [9.17, 15) is 4.39 Å². The molecule has 0 spiro atoms. The van der Waals surface area contributed by atoms with Crippen LogP contribution in [0.1, 0.15) is 31.2 Å². The molecule has 1 N–H and O–H groups in total. The van der Waals surface area contributed by atoms with Gasteiger partial charge in [0.1, 0.15) is 5.82 Å². The van der Waals surface area contributed by atoms with Gasteiger partial charge in [0.15, 0.2) is 0 Å². The van der Waals surface area contributed by atoms with Crippen LogP contribution in [0.25, 0.3) is 0 Å². The number of methoxy groups -OCH3 is 1. The minimum atomic E-state index is -0.0867. The smallest absolute Gasteiger partial charge is 0.126 e. The van der Waals surface area contributed by atoms with Crippen molar-refractivity contribution in [1.82, 2.24) is 5.32 Å². The fraction of sp³-hybridized carbons (Fsp3) is 0.625. The van der Waals surface area contributed by atoms with Gasteiger partial charge in [-0.25, -0.2) is 4.39 Å². The second kappa shape index (κ2) is 7.53. The molecule has 1 aliphatic carbocycles. The van der Waals surface area contributed by atoms with Gasteiger partial charge in [-0.05, 0) is 48.4 Å². The summed E-state index contributed by atoms with van der Waals surface area (Å²) in [5, 5.41) is 3.46. The minimum Gasteiger partial charge on any atom is -0.383 e. The summed E-state index contributed by atoms with van der Waals surface area (Å²) in [5.41, 5.74) is 1.03. The van der Waals surface area contributed by atoms with E-state index in [0.29, 0.717) is 0 Å². The Kier molecular flexibility index (Phi) is 6.00. The largest absolute Gasteiger partial charge is 0.383 e. The summed E-state index contributed by atoms with van der Waals surface area (Å²) in [5.74, 6) is -0.0867. The van der Waals surface area contributed by atoms with E-state index in [2.05, 4.69) is 21.2 Å². The van der Waals surface area contributed by atoms with Crippen LogP contribution in [0.5, 0.6) is 0 Å². The third-order valence-corrected chi connectivity index (χ3v) is 4.71. The Balaban J connectivity index is 2.02. The van der Waals surface area contributed by atoms with Crippen LogP contribution in [0.3, 0.4) is 0 Å². The number of hydrogen-bond acceptors (Lipinski definition) is 2. The molecule has 0 bridgehead atoms. The van der Waals surface area contributed by atoms with Crippen LogP contribution in [-0.2, 0) is 11.2 Å². The first-order chi connectivity index (χ1) is 9.65. The topological polar surface area (TPSA) is 21.3 Å². The second-order valence-corrected chi connectivity index (χ2v) is 6.70. The molecule has 20 heavy (non-hydrogen) atoms. The van der Waals surface area contributed by atoms with Crippen LogP contribution in [0.15, 0.2) is 22.7 Å². The molecule has 112 valence electrons. The third kappa shape index (κ3) is 4.27. The molecule has 1 fully saturated rings. The van der Waals surface area contributed by atoms with Crippen molar-refractivity contribution in [3.05, 3.63) is 34.1 Å². The Hall–Kier alpha value is -0.450. The molecule has 0 atom stereocenters. The zero-order chi connectivity index (χ0) is 14.4. The molecule has 0 saturated heterocycles. The lowest BCUT2D eigenvalue weighted by molar-refractivity contribution is 0.189. The third-order valence-electron chi connectivity index (χ3n) is 4.22. The highest BCUT2D eigenvalue weighted by molar-refractivity contribution is 9.10. The number of halogens is 2. The van der Waals surface area contributed by atoms with Crippen LogP contribution in [0.4, 0.5) is 4.39 Å². The van der Waals surface area contributed by atoms with Crippen molar-refractivity contribution >= 4 is 15.9 Å². The van der Waals surface area contributed by atoms with Gasteiger partial charge in [0, 0.05) is 24.7 Å². The van der Waals surface area contributed by atoms with E-state index in [4.69, 9.17) is 4.74 Å². The van der Waals surface area contributed by atoms with Crippen LogP contribution < -0.4 is 5.32 Å². The highest BCUT2D eigenvalue weighted by Crippen LogP contribution is 2.41. The number of benzene rings is 1. The zero-order valence-corrected chi connectivity index (χ0v) is 13.6. The van der Waals surface area contributed by atoms with Crippen LogP contribution in [0, 0.1) is 11.2 Å². The Labute approximate surface area is 129 Å². The number of nitrogens with one attached hydrogen (secondary N) is 1. The maximum absolute atomic E-state index is 14.0. The Morgan fingerprint density at radius 1 is 1.35 bits per heavy atom. The highest BCUT2D eigenvalue weighted by atomic mass is 79.9. The van der Waals surface area contributed by atoms with Crippen LogP contribution >= 0.6 is 15.9 Å². The van der Waals surface area contributed by atoms with Gasteiger partial charge < -0.3 is 10.1 Å². The van der Waals surface area contributed by atoms with Crippen molar-refractivity contribution in [2.75, 3.05) is 26.8 Å².